The Morgan fingerprint density at radius 1 is 1.33 bits per heavy atom. The van der Waals surface area contributed by atoms with Gasteiger partial charge in [-0.05, 0) is 19.1 Å². The molecule has 4 nitrogen and oxygen atoms in total. The number of aromatic hydroxyl groups is 1. The van der Waals surface area contributed by atoms with E-state index >= 15 is 0 Å². The third-order valence-electron chi connectivity index (χ3n) is 1.76. The molecule has 0 bridgehead atoms. The highest BCUT2D eigenvalue weighted by atomic mass is 79.9. The Morgan fingerprint density at radius 2 is 1.93 bits per heavy atom. The van der Waals surface area contributed by atoms with Gasteiger partial charge in [0.25, 0.3) is 0 Å². The van der Waals surface area contributed by atoms with E-state index in [1.165, 1.54) is 26.0 Å². The number of halogens is 1. The topological polar surface area (TPSA) is 66.4 Å². The van der Waals surface area contributed by atoms with Gasteiger partial charge in [0.2, 0.25) is 5.91 Å². The molecule has 0 fully saturated rings. The van der Waals surface area contributed by atoms with Crippen LogP contribution in [0.3, 0.4) is 0 Å². The number of Topliss-reactive ketones (excluding diaryl/α,β-unsaturated/α-hetero) is 1. The molecule has 0 aliphatic rings. The van der Waals surface area contributed by atoms with Crippen molar-refractivity contribution in [3.63, 3.8) is 0 Å². The van der Waals surface area contributed by atoms with Crippen molar-refractivity contribution in [3.8, 4) is 5.75 Å². The summed E-state index contributed by atoms with van der Waals surface area (Å²) in [5, 5.41) is 12.1. The van der Waals surface area contributed by atoms with Crippen molar-refractivity contribution in [2.45, 2.75) is 13.8 Å². The summed E-state index contributed by atoms with van der Waals surface area (Å²) in [4.78, 5) is 22.0. The number of carbonyl (C=O) groups excluding carboxylic acids is 2. The second-order valence-corrected chi connectivity index (χ2v) is 4.00. The van der Waals surface area contributed by atoms with Crippen LogP contribution in [0.15, 0.2) is 16.6 Å². The van der Waals surface area contributed by atoms with Crippen LogP contribution >= 0.6 is 15.9 Å². The van der Waals surface area contributed by atoms with Crippen LogP contribution in [0.5, 0.6) is 5.75 Å². The Kier molecular flexibility index (Phi) is 3.47. The minimum absolute atomic E-state index is 0.174. The van der Waals surface area contributed by atoms with Crippen molar-refractivity contribution < 1.29 is 14.7 Å². The Morgan fingerprint density at radius 3 is 2.40 bits per heavy atom. The van der Waals surface area contributed by atoms with Gasteiger partial charge in [-0.25, -0.2) is 0 Å². The van der Waals surface area contributed by atoms with Gasteiger partial charge in [-0.2, -0.15) is 0 Å². The lowest BCUT2D eigenvalue weighted by molar-refractivity contribution is -0.114. The summed E-state index contributed by atoms with van der Waals surface area (Å²) in [6.45, 7) is 2.67. The number of phenols is 1. The molecule has 1 rings (SSSR count). The van der Waals surface area contributed by atoms with E-state index in [1.54, 1.807) is 0 Å². The van der Waals surface area contributed by atoms with Gasteiger partial charge in [-0.15, -0.1) is 0 Å². The largest absolute Gasteiger partial charge is 0.505 e. The SMILES string of the molecule is CC(=O)Nc1cc(Br)cc(C(C)=O)c1O. The first-order valence-corrected chi connectivity index (χ1v) is 5.02. The lowest BCUT2D eigenvalue weighted by atomic mass is 10.1. The molecule has 0 spiro atoms. The second-order valence-electron chi connectivity index (χ2n) is 3.09. The zero-order valence-electron chi connectivity index (χ0n) is 8.30. The van der Waals surface area contributed by atoms with Gasteiger partial charge in [-0.3, -0.25) is 9.59 Å². The van der Waals surface area contributed by atoms with Crippen molar-refractivity contribution in [1.29, 1.82) is 0 Å². The Balaban J connectivity index is 3.28. The van der Waals surface area contributed by atoms with Gasteiger partial charge in [0.05, 0.1) is 11.3 Å². The molecule has 2 N–H and O–H groups in total. The maximum Gasteiger partial charge on any atom is 0.221 e. The van der Waals surface area contributed by atoms with E-state index in [2.05, 4.69) is 21.2 Å². The van der Waals surface area contributed by atoms with Gasteiger partial charge in [-0.1, -0.05) is 15.9 Å². The molecule has 80 valence electrons. The first kappa shape index (κ1) is 11.7. The summed E-state index contributed by atoms with van der Waals surface area (Å²) in [6.07, 6.45) is 0. The van der Waals surface area contributed by atoms with Crippen molar-refractivity contribution in [3.05, 3.63) is 22.2 Å². The molecule has 0 saturated carbocycles. The van der Waals surface area contributed by atoms with Gasteiger partial charge < -0.3 is 10.4 Å². The third kappa shape index (κ3) is 2.79. The van der Waals surface area contributed by atoms with Gasteiger partial charge in [0.1, 0.15) is 5.75 Å². The van der Waals surface area contributed by atoms with Crippen LogP contribution in [0.1, 0.15) is 24.2 Å². The molecule has 0 saturated heterocycles. The number of hydrogen-bond donors (Lipinski definition) is 2. The highest BCUT2D eigenvalue weighted by Gasteiger charge is 2.13. The van der Waals surface area contributed by atoms with Crippen molar-refractivity contribution in [2.75, 3.05) is 5.32 Å². The molecule has 1 aromatic rings. The molecule has 0 aliphatic carbocycles. The molecule has 0 unspecified atom stereocenters. The van der Waals surface area contributed by atoms with Crippen molar-refractivity contribution in [1.82, 2.24) is 0 Å². The van der Waals surface area contributed by atoms with E-state index in [0.717, 1.165) is 0 Å². The van der Waals surface area contributed by atoms with Crippen LogP contribution < -0.4 is 5.32 Å². The van der Waals surface area contributed by atoms with E-state index in [1.807, 2.05) is 0 Å². The zero-order chi connectivity index (χ0) is 11.6. The standard InChI is InChI=1S/C10H10BrNO3/c1-5(13)8-3-7(11)4-9(10(8)15)12-6(2)14/h3-4,15H,1-2H3,(H,12,14). The van der Waals surface area contributed by atoms with Crippen molar-refractivity contribution in [2.24, 2.45) is 0 Å². The first-order valence-electron chi connectivity index (χ1n) is 4.23. The predicted molar refractivity (Wildman–Crippen MR) is 60.1 cm³/mol. The van der Waals surface area contributed by atoms with Gasteiger partial charge in [0, 0.05) is 11.4 Å². The second kappa shape index (κ2) is 4.44. The van der Waals surface area contributed by atoms with E-state index in [0.29, 0.717) is 4.47 Å². The molecule has 0 atom stereocenters. The third-order valence-corrected chi connectivity index (χ3v) is 2.22. The van der Waals surface area contributed by atoms with Crippen LogP contribution in [0.2, 0.25) is 0 Å². The quantitative estimate of drug-likeness (QED) is 0.641. The maximum atomic E-state index is 11.2. The average molecular weight is 272 g/mol. The highest BCUT2D eigenvalue weighted by Crippen LogP contribution is 2.31. The molecule has 0 aromatic heterocycles. The number of hydrogen-bond acceptors (Lipinski definition) is 3. The Hall–Kier alpha value is -1.36. The molecule has 1 aromatic carbocycles. The number of nitrogens with one attached hydrogen (secondary N) is 1. The minimum atomic E-state index is -0.307. The summed E-state index contributed by atoms with van der Waals surface area (Å²) < 4.78 is 0.620. The summed E-state index contributed by atoms with van der Waals surface area (Å²) in [6, 6.07) is 3.03. The Bertz CT molecular complexity index is 429. The number of ketones is 1. The van der Waals surface area contributed by atoms with E-state index in [9.17, 15) is 14.7 Å². The Labute approximate surface area is 95.4 Å². The number of anilines is 1. The van der Waals surface area contributed by atoms with Crippen molar-refractivity contribution >= 4 is 33.3 Å². The smallest absolute Gasteiger partial charge is 0.221 e. The van der Waals surface area contributed by atoms with E-state index < -0.39 is 0 Å². The predicted octanol–water partition coefficient (Wildman–Crippen LogP) is 2.32. The van der Waals surface area contributed by atoms with Crippen LogP contribution in [-0.2, 0) is 4.79 Å². The maximum absolute atomic E-state index is 11.2. The monoisotopic (exact) mass is 271 g/mol. The van der Waals surface area contributed by atoms with Crippen LogP contribution in [0, 0.1) is 0 Å². The van der Waals surface area contributed by atoms with Crippen LogP contribution in [0.4, 0.5) is 5.69 Å². The fourth-order valence-electron chi connectivity index (χ4n) is 1.15. The summed E-state index contributed by atoms with van der Waals surface area (Å²) in [5.41, 5.74) is 0.398. The number of amides is 1. The van der Waals surface area contributed by atoms with Gasteiger partial charge >= 0.3 is 0 Å². The summed E-state index contributed by atoms with van der Waals surface area (Å²) in [5.74, 6) is -0.779. The lowest BCUT2D eigenvalue weighted by Gasteiger charge is -2.09. The van der Waals surface area contributed by atoms with Crippen LogP contribution in [-0.4, -0.2) is 16.8 Å². The molecule has 15 heavy (non-hydrogen) atoms. The zero-order valence-corrected chi connectivity index (χ0v) is 9.88. The first-order chi connectivity index (χ1) is 6.91. The molecule has 1 amide bonds. The summed E-state index contributed by atoms with van der Waals surface area (Å²) in [7, 11) is 0. The lowest BCUT2D eigenvalue weighted by Crippen LogP contribution is -2.07. The molecular weight excluding hydrogens is 262 g/mol. The fourth-order valence-corrected chi connectivity index (χ4v) is 1.61. The number of phenolic OH excluding ortho intramolecular Hbond substituents is 1. The molecule has 5 heteroatoms. The molecule has 0 radical (unpaired) electrons. The van der Waals surface area contributed by atoms with Crippen LogP contribution in [0.25, 0.3) is 0 Å². The molecule has 0 heterocycles. The number of benzene rings is 1. The average Bonchev–Trinajstić information content (AvgIpc) is 2.09. The number of rotatable bonds is 2. The molecule has 0 aliphatic heterocycles. The normalized spacial score (nSPS) is 9.80. The minimum Gasteiger partial charge on any atom is -0.505 e. The highest BCUT2D eigenvalue weighted by molar-refractivity contribution is 9.10. The van der Waals surface area contributed by atoms with E-state index in [4.69, 9.17) is 0 Å². The summed E-state index contributed by atoms with van der Waals surface area (Å²) >= 11 is 3.19. The van der Waals surface area contributed by atoms with E-state index in [-0.39, 0.29) is 28.7 Å². The van der Waals surface area contributed by atoms with Gasteiger partial charge in [0.15, 0.2) is 5.78 Å². The number of carbonyl (C=O) groups is 2. The molecular formula is C10H10BrNO3. The fraction of sp³-hybridized carbons (Fsp3) is 0.200.